The molecule has 0 saturated heterocycles. The van der Waals surface area contributed by atoms with Crippen molar-refractivity contribution in [2.75, 3.05) is 0 Å². The van der Waals surface area contributed by atoms with Crippen LogP contribution in [0.25, 0.3) is 0 Å². The second kappa shape index (κ2) is 4.79. The molecule has 0 aromatic carbocycles. The highest BCUT2D eigenvalue weighted by Crippen LogP contribution is 2.41. The average molecular weight is 334 g/mol. The fraction of sp³-hybridized carbons (Fsp3) is 0.385. The minimum Gasteiger partial charge on any atom is -0.466 e. The zero-order valence-corrected chi connectivity index (χ0v) is 13.4. The second-order valence-electron chi connectivity index (χ2n) is 4.22. The van der Waals surface area contributed by atoms with Crippen LogP contribution in [-0.4, -0.2) is 0 Å². The predicted octanol–water partition coefficient (Wildman–Crippen LogP) is 5.67. The van der Waals surface area contributed by atoms with Crippen LogP contribution in [0.3, 0.4) is 0 Å². The first-order valence-corrected chi connectivity index (χ1v) is 7.42. The second-order valence-corrected chi connectivity index (χ2v) is 7.06. The van der Waals surface area contributed by atoms with E-state index in [9.17, 15) is 0 Å². The van der Waals surface area contributed by atoms with Gasteiger partial charge in [0.15, 0.2) is 0 Å². The molecule has 17 heavy (non-hydrogen) atoms. The summed E-state index contributed by atoms with van der Waals surface area (Å²) in [5.41, 5.74) is 3.49. The Morgan fingerprint density at radius 3 is 2.29 bits per heavy atom. The van der Waals surface area contributed by atoms with E-state index in [4.69, 9.17) is 16.0 Å². The summed E-state index contributed by atoms with van der Waals surface area (Å²) < 4.78 is 6.78. The van der Waals surface area contributed by atoms with Gasteiger partial charge in [-0.05, 0) is 60.8 Å². The average Bonchev–Trinajstić information content (AvgIpc) is 2.70. The summed E-state index contributed by atoms with van der Waals surface area (Å²) in [5.74, 6) is 1.87. The first-order valence-electron chi connectivity index (χ1n) is 5.38. The molecule has 0 radical (unpaired) electrons. The Kier molecular flexibility index (Phi) is 3.71. The van der Waals surface area contributed by atoms with Crippen molar-refractivity contribution in [3.8, 4) is 0 Å². The molecule has 0 saturated carbocycles. The maximum absolute atomic E-state index is 6.57. The summed E-state index contributed by atoms with van der Waals surface area (Å²) in [6.45, 7) is 8.09. The highest BCUT2D eigenvalue weighted by molar-refractivity contribution is 9.11. The lowest BCUT2D eigenvalue weighted by Gasteiger charge is -2.07. The fourth-order valence-electron chi connectivity index (χ4n) is 1.93. The van der Waals surface area contributed by atoms with E-state index in [-0.39, 0.29) is 5.38 Å². The molecule has 0 spiro atoms. The molecule has 2 aromatic heterocycles. The zero-order valence-electron chi connectivity index (χ0n) is 10.2. The van der Waals surface area contributed by atoms with Crippen molar-refractivity contribution in [3.05, 3.63) is 42.9 Å². The smallest absolute Gasteiger partial charge is 0.106 e. The zero-order chi connectivity index (χ0) is 12.7. The standard InChI is InChI=1S/C13H14BrClOS/c1-6-5-10(17-13(6)14)12(15)11-7(2)8(3)16-9(11)4/h5,12H,1-4H3. The first kappa shape index (κ1) is 13.2. The maximum Gasteiger partial charge on any atom is 0.106 e. The molecule has 2 aromatic rings. The Bertz CT molecular complexity index is 537. The van der Waals surface area contributed by atoms with Crippen molar-refractivity contribution in [2.24, 2.45) is 0 Å². The number of thiophene rings is 1. The highest BCUT2D eigenvalue weighted by Gasteiger charge is 2.22. The Morgan fingerprint density at radius 1 is 1.24 bits per heavy atom. The molecule has 4 heteroatoms. The first-order chi connectivity index (χ1) is 7.91. The number of halogens is 2. The lowest BCUT2D eigenvalue weighted by atomic mass is 10.1. The third-order valence-corrected chi connectivity index (χ3v) is 5.78. The molecular weight excluding hydrogens is 320 g/mol. The SMILES string of the molecule is Cc1cc(C(Cl)c2c(C)oc(C)c2C)sc1Br. The third-order valence-electron chi connectivity index (χ3n) is 3.00. The fourth-order valence-corrected chi connectivity index (χ4v) is 4.01. The Morgan fingerprint density at radius 2 is 1.88 bits per heavy atom. The van der Waals surface area contributed by atoms with E-state index >= 15 is 0 Å². The van der Waals surface area contributed by atoms with Gasteiger partial charge in [-0.15, -0.1) is 22.9 Å². The minimum absolute atomic E-state index is 0.123. The molecule has 0 aliphatic heterocycles. The van der Waals surface area contributed by atoms with Crippen LogP contribution in [0.4, 0.5) is 0 Å². The number of alkyl halides is 1. The van der Waals surface area contributed by atoms with Crippen LogP contribution in [-0.2, 0) is 0 Å². The molecule has 0 bridgehead atoms. The van der Waals surface area contributed by atoms with Crippen LogP contribution in [0.5, 0.6) is 0 Å². The normalized spacial score (nSPS) is 13.1. The van der Waals surface area contributed by atoms with Crippen molar-refractivity contribution in [3.63, 3.8) is 0 Å². The molecule has 92 valence electrons. The van der Waals surface area contributed by atoms with E-state index in [1.54, 1.807) is 11.3 Å². The van der Waals surface area contributed by atoms with Crippen LogP contribution >= 0.6 is 38.9 Å². The van der Waals surface area contributed by atoms with Crippen LogP contribution in [0, 0.1) is 27.7 Å². The van der Waals surface area contributed by atoms with Gasteiger partial charge >= 0.3 is 0 Å². The molecule has 0 aliphatic carbocycles. The molecule has 2 rings (SSSR count). The van der Waals surface area contributed by atoms with Crippen LogP contribution in [0.2, 0.25) is 0 Å². The number of rotatable bonds is 2. The summed E-state index contributed by atoms with van der Waals surface area (Å²) in [6, 6.07) is 2.13. The summed E-state index contributed by atoms with van der Waals surface area (Å²) in [5, 5.41) is -0.123. The molecule has 2 heterocycles. The molecule has 0 N–H and O–H groups in total. The largest absolute Gasteiger partial charge is 0.466 e. The van der Waals surface area contributed by atoms with E-state index in [2.05, 4.69) is 35.8 Å². The molecule has 0 fully saturated rings. The number of hydrogen-bond donors (Lipinski definition) is 0. The van der Waals surface area contributed by atoms with Gasteiger partial charge in [-0.2, -0.15) is 0 Å². The monoisotopic (exact) mass is 332 g/mol. The summed E-state index contributed by atoms with van der Waals surface area (Å²) in [4.78, 5) is 1.16. The van der Waals surface area contributed by atoms with Crippen molar-refractivity contribution in [1.82, 2.24) is 0 Å². The molecular formula is C13H14BrClOS. The number of aryl methyl sites for hydroxylation is 3. The quantitative estimate of drug-likeness (QED) is 0.646. The molecule has 1 nitrogen and oxygen atoms in total. The Labute approximate surface area is 119 Å². The van der Waals surface area contributed by atoms with E-state index in [0.717, 1.165) is 31.3 Å². The molecule has 0 aliphatic rings. The highest BCUT2D eigenvalue weighted by atomic mass is 79.9. The van der Waals surface area contributed by atoms with Gasteiger partial charge in [0, 0.05) is 10.4 Å². The van der Waals surface area contributed by atoms with Crippen LogP contribution < -0.4 is 0 Å². The van der Waals surface area contributed by atoms with E-state index in [0.29, 0.717) is 0 Å². The Hall–Kier alpha value is -0.250. The number of furan rings is 1. The van der Waals surface area contributed by atoms with E-state index in [1.807, 2.05) is 13.8 Å². The summed E-state index contributed by atoms with van der Waals surface area (Å²) >= 11 is 11.8. The summed E-state index contributed by atoms with van der Waals surface area (Å²) in [7, 11) is 0. The lowest BCUT2D eigenvalue weighted by molar-refractivity contribution is 0.500. The Balaban J connectivity index is 2.46. The van der Waals surface area contributed by atoms with Crippen molar-refractivity contribution in [1.29, 1.82) is 0 Å². The molecule has 1 atom stereocenters. The minimum atomic E-state index is -0.123. The van der Waals surface area contributed by atoms with Gasteiger partial charge in [0.05, 0.1) is 9.16 Å². The van der Waals surface area contributed by atoms with Gasteiger partial charge in [0.25, 0.3) is 0 Å². The lowest BCUT2D eigenvalue weighted by Crippen LogP contribution is -1.93. The maximum atomic E-state index is 6.57. The van der Waals surface area contributed by atoms with Crippen molar-refractivity contribution in [2.45, 2.75) is 33.1 Å². The van der Waals surface area contributed by atoms with Crippen LogP contribution in [0.15, 0.2) is 14.3 Å². The van der Waals surface area contributed by atoms with E-state index in [1.165, 1.54) is 5.56 Å². The topological polar surface area (TPSA) is 13.1 Å². The number of hydrogen-bond acceptors (Lipinski definition) is 2. The van der Waals surface area contributed by atoms with Crippen molar-refractivity contribution < 1.29 is 4.42 Å². The predicted molar refractivity (Wildman–Crippen MR) is 77.4 cm³/mol. The van der Waals surface area contributed by atoms with Gasteiger partial charge in [-0.3, -0.25) is 0 Å². The van der Waals surface area contributed by atoms with Gasteiger partial charge in [-0.1, -0.05) is 0 Å². The van der Waals surface area contributed by atoms with Gasteiger partial charge in [0.2, 0.25) is 0 Å². The van der Waals surface area contributed by atoms with Gasteiger partial charge < -0.3 is 4.42 Å². The van der Waals surface area contributed by atoms with E-state index < -0.39 is 0 Å². The van der Waals surface area contributed by atoms with Gasteiger partial charge in [-0.25, -0.2) is 0 Å². The molecule has 1 unspecified atom stereocenters. The summed E-state index contributed by atoms with van der Waals surface area (Å²) in [6.07, 6.45) is 0. The van der Waals surface area contributed by atoms with Crippen molar-refractivity contribution >= 4 is 38.9 Å². The van der Waals surface area contributed by atoms with Gasteiger partial charge in [0.1, 0.15) is 11.5 Å². The van der Waals surface area contributed by atoms with Crippen LogP contribution in [0.1, 0.15) is 38.5 Å². The third kappa shape index (κ3) is 2.33. The molecule has 0 amide bonds.